The van der Waals surface area contributed by atoms with E-state index in [2.05, 4.69) is 20.1 Å². The summed E-state index contributed by atoms with van der Waals surface area (Å²) in [5.41, 5.74) is -0.285. The van der Waals surface area contributed by atoms with Crippen molar-refractivity contribution in [1.82, 2.24) is 14.6 Å². The summed E-state index contributed by atoms with van der Waals surface area (Å²) in [6.45, 7) is 3.42. The second-order valence-electron chi connectivity index (χ2n) is 8.75. The van der Waals surface area contributed by atoms with E-state index in [0.717, 1.165) is 12.8 Å². The number of halogens is 3. The molecule has 0 bridgehead atoms. The van der Waals surface area contributed by atoms with Gasteiger partial charge in [0.15, 0.2) is 5.75 Å². The maximum Gasteiger partial charge on any atom is 0.298 e. The molecule has 1 fully saturated rings. The third-order valence-corrected chi connectivity index (χ3v) is 8.06. The Labute approximate surface area is 243 Å². The van der Waals surface area contributed by atoms with Gasteiger partial charge in [-0.1, -0.05) is 17.7 Å². The van der Waals surface area contributed by atoms with Crippen LogP contribution in [0.5, 0.6) is 11.5 Å². The van der Waals surface area contributed by atoms with Crippen LogP contribution in [0, 0.1) is 16.3 Å². The van der Waals surface area contributed by atoms with Crippen LogP contribution in [0.1, 0.15) is 35.7 Å². The van der Waals surface area contributed by atoms with Crippen molar-refractivity contribution in [2.75, 3.05) is 17.1 Å². The lowest BCUT2D eigenvalue weighted by molar-refractivity contribution is 0.0948. The minimum absolute atomic E-state index is 0.00316. The van der Waals surface area contributed by atoms with Crippen LogP contribution in [0.2, 0.25) is 5.02 Å². The highest BCUT2D eigenvalue weighted by Gasteiger charge is 2.31. The maximum absolute atomic E-state index is 14.8. The van der Waals surface area contributed by atoms with E-state index in [0.29, 0.717) is 3.57 Å². The number of aromatic nitrogens is 1. The van der Waals surface area contributed by atoms with Gasteiger partial charge in [-0.15, -0.1) is 0 Å². The fourth-order valence-corrected chi connectivity index (χ4v) is 5.06. The fourth-order valence-electron chi connectivity index (χ4n) is 3.78. The zero-order valence-electron chi connectivity index (χ0n) is 21.2. The summed E-state index contributed by atoms with van der Waals surface area (Å²) in [5.74, 6) is -1.14. The molecule has 0 radical (unpaired) electrons. The van der Waals surface area contributed by atoms with Crippen molar-refractivity contribution in [2.45, 2.75) is 39.3 Å². The number of hydrogen-bond donors (Lipinski definition) is 4. The molecule has 1 heterocycles. The molecule has 39 heavy (non-hydrogen) atoms. The molecule has 3 aromatic rings. The minimum atomic E-state index is -3.89. The van der Waals surface area contributed by atoms with Crippen LogP contribution in [0.25, 0.3) is 0 Å². The zero-order valence-corrected chi connectivity index (χ0v) is 24.9. The van der Waals surface area contributed by atoms with Gasteiger partial charge in [-0.3, -0.25) is 18.9 Å². The average Bonchev–Trinajstić information content (AvgIpc) is 3.70. The van der Waals surface area contributed by atoms with Crippen molar-refractivity contribution < 1.29 is 22.3 Å². The largest absolute Gasteiger partial charge is 0.454 e. The van der Waals surface area contributed by atoms with Crippen molar-refractivity contribution in [3.05, 3.63) is 72.3 Å². The lowest BCUT2D eigenvalue weighted by atomic mass is 10.1. The number of nitrogens with one attached hydrogen (secondary N) is 4. The molecular formula is C25H26ClFIN5O5S. The summed E-state index contributed by atoms with van der Waals surface area (Å²) >= 11 is 8.46. The van der Waals surface area contributed by atoms with Gasteiger partial charge in [-0.05, 0) is 79.6 Å². The van der Waals surface area contributed by atoms with Gasteiger partial charge < -0.3 is 15.4 Å². The molecule has 1 amide bonds. The molecule has 10 nitrogen and oxygen atoms in total. The summed E-state index contributed by atoms with van der Waals surface area (Å²) < 4.78 is 51.4. The van der Waals surface area contributed by atoms with Gasteiger partial charge in [0, 0.05) is 23.2 Å². The average molecular weight is 690 g/mol. The molecule has 1 aliphatic rings. The van der Waals surface area contributed by atoms with E-state index in [1.54, 1.807) is 13.0 Å². The van der Waals surface area contributed by atoms with Crippen molar-refractivity contribution in [3.63, 3.8) is 0 Å². The lowest BCUT2D eigenvalue weighted by Gasteiger charge is -2.23. The molecule has 208 valence electrons. The van der Waals surface area contributed by atoms with Gasteiger partial charge in [0.2, 0.25) is 0 Å². The number of pyridine rings is 1. The van der Waals surface area contributed by atoms with Crippen molar-refractivity contribution in [3.8, 4) is 11.5 Å². The number of carbonyl (C=O) groups excluding carboxylic acids is 1. The Balaban J connectivity index is 1.90. The molecule has 14 heteroatoms. The molecule has 0 unspecified atom stereocenters. The standard InChI is InChI=1S/C25H26ClFIN5O5S/c1-4-33-23(31-17-11-8-14(28)12-16(17)27)20(24(34)30-15-9-10-15)22(13(2)25(33)35)38-19-7-5-6-18(21(19)26)32-39(36,37)29-3/h5-8,11-12,15,29,31-32H,4,9-10H2,1-3H3,(H,30,34). The third-order valence-electron chi connectivity index (χ3n) is 5.97. The maximum atomic E-state index is 14.8. The molecule has 1 aromatic heterocycles. The van der Waals surface area contributed by atoms with E-state index in [1.807, 2.05) is 22.6 Å². The normalized spacial score (nSPS) is 13.2. The SMILES string of the molecule is CCn1c(Nc2ccc(I)cc2F)c(C(=O)NC2CC2)c(Oc2cccc(NS(=O)(=O)NC)c2Cl)c(C)c1=O. The fraction of sp³-hybridized carbons (Fsp3) is 0.280. The van der Waals surface area contributed by atoms with Gasteiger partial charge in [0.25, 0.3) is 21.7 Å². The highest BCUT2D eigenvalue weighted by molar-refractivity contribution is 14.1. The monoisotopic (exact) mass is 689 g/mol. The van der Waals surface area contributed by atoms with E-state index >= 15 is 0 Å². The van der Waals surface area contributed by atoms with E-state index in [9.17, 15) is 22.4 Å². The molecule has 0 spiro atoms. The number of carbonyl (C=O) groups is 1. The quantitative estimate of drug-likeness (QED) is 0.225. The van der Waals surface area contributed by atoms with Gasteiger partial charge in [0.05, 0.1) is 16.9 Å². The van der Waals surface area contributed by atoms with Crippen molar-refractivity contribution in [1.29, 1.82) is 0 Å². The number of anilines is 3. The molecule has 0 atom stereocenters. The first-order valence-electron chi connectivity index (χ1n) is 11.9. The number of nitrogens with zero attached hydrogens (tertiary/aromatic N) is 1. The molecule has 2 aromatic carbocycles. The molecule has 4 rings (SSSR count). The Morgan fingerprint density at radius 2 is 1.95 bits per heavy atom. The highest BCUT2D eigenvalue weighted by Crippen LogP contribution is 2.40. The van der Waals surface area contributed by atoms with E-state index in [4.69, 9.17) is 16.3 Å². The minimum Gasteiger partial charge on any atom is -0.454 e. The highest BCUT2D eigenvalue weighted by atomic mass is 127. The Kier molecular flexibility index (Phi) is 8.73. The zero-order chi connectivity index (χ0) is 28.5. The van der Waals surface area contributed by atoms with Crippen LogP contribution in [0.3, 0.4) is 0 Å². The summed E-state index contributed by atoms with van der Waals surface area (Å²) in [6, 6.07) is 8.90. The van der Waals surface area contributed by atoms with E-state index < -0.39 is 27.5 Å². The van der Waals surface area contributed by atoms with Crippen LogP contribution in [-0.2, 0) is 16.8 Å². The number of benzene rings is 2. The van der Waals surface area contributed by atoms with Gasteiger partial charge in [-0.2, -0.15) is 8.42 Å². The molecule has 0 aliphatic heterocycles. The second kappa shape index (κ2) is 11.7. The summed E-state index contributed by atoms with van der Waals surface area (Å²) in [5, 5.41) is 5.74. The van der Waals surface area contributed by atoms with Crippen LogP contribution >= 0.6 is 34.2 Å². The first kappa shape index (κ1) is 29.1. The summed E-state index contributed by atoms with van der Waals surface area (Å²) in [6.07, 6.45) is 1.62. The van der Waals surface area contributed by atoms with E-state index in [1.165, 1.54) is 48.9 Å². The first-order valence-corrected chi connectivity index (χ1v) is 14.9. The number of ether oxygens (including phenoxy) is 1. The Bertz CT molecular complexity index is 1610. The van der Waals surface area contributed by atoms with Crippen LogP contribution in [0.4, 0.5) is 21.6 Å². The molecule has 1 aliphatic carbocycles. The Morgan fingerprint density at radius 3 is 2.56 bits per heavy atom. The molecule has 4 N–H and O–H groups in total. The number of rotatable bonds is 10. The molecule has 0 saturated heterocycles. The van der Waals surface area contributed by atoms with Crippen molar-refractivity contribution in [2.24, 2.45) is 0 Å². The van der Waals surface area contributed by atoms with Gasteiger partial charge in [0.1, 0.15) is 28.0 Å². The summed E-state index contributed by atoms with van der Waals surface area (Å²) in [7, 11) is -2.65. The van der Waals surface area contributed by atoms with Gasteiger partial charge >= 0.3 is 0 Å². The molecule has 1 saturated carbocycles. The van der Waals surface area contributed by atoms with Crippen LogP contribution < -0.4 is 30.4 Å². The third kappa shape index (κ3) is 6.48. The predicted molar refractivity (Wildman–Crippen MR) is 157 cm³/mol. The smallest absolute Gasteiger partial charge is 0.298 e. The van der Waals surface area contributed by atoms with Gasteiger partial charge in [-0.25, -0.2) is 9.11 Å². The second-order valence-corrected chi connectivity index (χ2v) is 12.0. The Morgan fingerprint density at radius 1 is 1.23 bits per heavy atom. The molecular weight excluding hydrogens is 664 g/mol. The van der Waals surface area contributed by atoms with Crippen LogP contribution in [0.15, 0.2) is 41.2 Å². The number of amides is 1. The summed E-state index contributed by atoms with van der Waals surface area (Å²) in [4.78, 5) is 27.0. The van der Waals surface area contributed by atoms with E-state index in [-0.39, 0.29) is 57.4 Å². The van der Waals surface area contributed by atoms with Crippen molar-refractivity contribution >= 4 is 67.5 Å². The Hall–Kier alpha value is -2.88. The topological polar surface area (TPSA) is 131 Å². The predicted octanol–water partition coefficient (Wildman–Crippen LogP) is 4.88. The first-order chi connectivity index (χ1) is 18.5. The van der Waals surface area contributed by atoms with Crippen LogP contribution in [-0.4, -0.2) is 32.0 Å². The lowest BCUT2D eigenvalue weighted by Crippen LogP contribution is -2.32. The number of hydrogen-bond acceptors (Lipinski definition) is 6.